The van der Waals surface area contributed by atoms with Gasteiger partial charge in [-0.2, -0.15) is 0 Å². The second-order valence-electron chi connectivity index (χ2n) is 9.36. The predicted molar refractivity (Wildman–Crippen MR) is 109 cm³/mol. The van der Waals surface area contributed by atoms with Crippen molar-refractivity contribution in [3.05, 3.63) is 0 Å². The molecule has 3 amide bonds. The molecule has 0 aromatic carbocycles. The van der Waals surface area contributed by atoms with Crippen molar-refractivity contribution in [1.82, 2.24) is 15.5 Å². The number of rotatable bonds is 6. The zero-order valence-electron chi connectivity index (χ0n) is 17.4. The molecule has 158 valence electrons. The van der Waals surface area contributed by atoms with Crippen LogP contribution < -0.4 is 10.6 Å². The fourth-order valence-corrected chi connectivity index (χ4v) is 7.26. The van der Waals surface area contributed by atoms with Gasteiger partial charge in [0, 0.05) is 17.3 Å². The summed E-state index contributed by atoms with van der Waals surface area (Å²) < 4.78 is -0.589. The van der Waals surface area contributed by atoms with E-state index in [-0.39, 0.29) is 29.6 Å². The maximum Gasteiger partial charge on any atom is 0.244 e. The second-order valence-corrected chi connectivity index (χ2v) is 11.0. The number of amides is 3. The number of aliphatic hydroxyl groups is 1. The molecule has 0 saturated carbocycles. The Morgan fingerprint density at radius 1 is 1.36 bits per heavy atom. The molecule has 6 atom stereocenters. The highest BCUT2D eigenvalue weighted by atomic mass is 32.2. The van der Waals surface area contributed by atoms with Gasteiger partial charge in [0.25, 0.3) is 0 Å². The fourth-order valence-electron chi connectivity index (χ4n) is 5.06. The molecule has 8 heteroatoms. The van der Waals surface area contributed by atoms with E-state index in [9.17, 15) is 19.5 Å². The number of hydrogen-bond donors (Lipinski definition) is 3. The number of hydrogen-bond acceptors (Lipinski definition) is 5. The van der Waals surface area contributed by atoms with E-state index in [1.807, 2.05) is 27.7 Å². The largest absolute Gasteiger partial charge is 0.394 e. The Morgan fingerprint density at radius 3 is 2.61 bits per heavy atom. The monoisotopic (exact) mass is 411 g/mol. The Morgan fingerprint density at radius 2 is 2.04 bits per heavy atom. The van der Waals surface area contributed by atoms with Crippen molar-refractivity contribution in [2.45, 2.75) is 81.5 Å². The minimum Gasteiger partial charge on any atom is -0.394 e. The van der Waals surface area contributed by atoms with Crippen LogP contribution in [0.3, 0.4) is 0 Å². The van der Waals surface area contributed by atoms with Crippen LogP contribution in [0.5, 0.6) is 0 Å². The summed E-state index contributed by atoms with van der Waals surface area (Å²) in [5, 5.41) is 15.8. The SMILES string of the molecule is CCCNC(=O)[C@@H]1[C@H]2C(=O)N([C@H](C)CO)C(C(=O)NC(C)(C)C)C23CC[C@H]1S3. The number of aliphatic hydroxyl groups excluding tert-OH is 1. The molecule has 3 saturated heterocycles. The van der Waals surface area contributed by atoms with Crippen molar-refractivity contribution in [3.63, 3.8) is 0 Å². The van der Waals surface area contributed by atoms with Gasteiger partial charge in [0.1, 0.15) is 6.04 Å². The summed E-state index contributed by atoms with van der Waals surface area (Å²) in [7, 11) is 0. The van der Waals surface area contributed by atoms with Crippen LogP contribution in [0.1, 0.15) is 53.9 Å². The summed E-state index contributed by atoms with van der Waals surface area (Å²) in [6, 6.07) is -1.13. The average molecular weight is 412 g/mol. The van der Waals surface area contributed by atoms with Gasteiger partial charge in [-0.15, -0.1) is 11.8 Å². The molecule has 7 nitrogen and oxygen atoms in total. The van der Waals surface area contributed by atoms with Gasteiger partial charge in [0.05, 0.1) is 29.2 Å². The summed E-state index contributed by atoms with van der Waals surface area (Å²) in [5.74, 6) is -1.34. The molecule has 3 heterocycles. The molecule has 0 radical (unpaired) electrons. The summed E-state index contributed by atoms with van der Waals surface area (Å²) in [6.45, 7) is 9.87. The molecule has 3 aliphatic rings. The number of thioether (sulfide) groups is 1. The summed E-state index contributed by atoms with van der Waals surface area (Å²) in [5.41, 5.74) is -0.428. The van der Waals surface area contributed by atoms with Crippen molar-refractivity contribution in [1.29, 1.82) is 0 Å². The number of fused-ring (bicyclic) bond motifs is 1. The predicted octanol–water partition coefficient (Wildman–Crippen LogP) is 0.899. The minimum absolute atomic E-state index is 0.0716. The van der Waals surface area contributed by atoms with E-state index < -0.39 is 34.2 Å². The summed E-state index contributed by atoms with van der Waals surface area (Å²) in [4.78, 5) is 41.2. The normalized spacial score (nSPS) is 35.1. The standard InChI is InChI=1S/C20H33N3O4S/c1-6-9-21-16(25)13-12-7-8-20(28-12)14(13)18(27)23(11(2)10-24)15(20)17(26)22-19(3,4)5/h11-15,24H,6-10H2,1-5H3,(H,21,25)(H,22,26)/t11-,12-,13+,14+,15?,20?/m1/s1. The van der Waals surface area contributed by atoms with E-state index in [0.29, 0.717) is 6.54 Å². The van der Waals surface area contributed by atoms with Crippen LogP contribution in [0.15, 0.2) is 0 Å². The first kappa shape index (κ1) is 21.4. The number of nitrogens with zero attached hydrogens (tertiary/aromatic N) is 1. The molecule has 3 fully saturated rings. The summed E-state index contributed by atoms with van der Waals surface area (Å²) >= 11 is 1.65. The van der Waals surface area contributed by atoms with Gasteiger partial charge >= 0.3 is 0 Å². The number of nitrogens with one attached hydrogen (secondary N) is 2. The zero-order valence-corrected chi connectivity index (χ0v) is 18.3. The Hall–Kier alpha value is -1.28. The minimum atomic E-state index is -0.662. The van der Waals surface area contributed by atoms with Crippen molar-refractivity contribution < 1.29 is 19.5 Å². The lowest BCUT2D eigenvalue weighted by atomic mass is 9.70. The van der Waals surface area contributed by atoms with Gasteiger partial charge in [-0.1, -0.05) is 6.92 Å². The van der Waals surface area contributed by atoms with Gasteiger partial charge in [-0.05, 0) is 47.0 Å². The molecule has 0 aromatic heterocycles. The maximum absolute atomic E-state index is 13.5. The third-order valence-electron chi connectivity index (χ3n) is 6.08. The van der Waals surface area contributed by atoms with E-state index in [1.54, 1.807) is 23.6 Å². The fraction of sp³-hybridized carbons (Fsp3) is 0.850. The molecule has 0 aliphatic carbocycles. The van der Waals surface area contributed by atoms with Crippen molar-refractivity contribution in [2.75, 3.05) is 13.2 Å². The van der Waals surface area contributed by atoms with Gasteiger partial charge in [-0.3, -0.25) is 14.4 Å². The van der Waals surface area contributed by atoms with Crippen LogP contribution in [0.4, 0.5) is 0 Å². The molecule has 2 unspecified atom stereocenters. The number of carbonyl (C=O) groups is 3. The molecular formula is C20H33N3O4S. The number of carbonyl (C=O) groups excluding carboxylic acids is 3. The Kier molecular flexibility index (Phi) is 5.75. The third-order valence-corrected chi connectivity index (χ3v) is 8.03. The maximum atomic E-state index is 13.5. The van der Waals surface area contributed by atoms with Gasteiger partial charge in [0.2, 0.25) is 17.7 Å². The first-order valence-electron chi connectivity index (χ1n) is 10.3. The average Bonchev–Trinajstić information content (AvgIpc) is 3.24. The molecule has 3 aliphatic heterocycles. The summed E-state index contributed by atoms with van der Waals surface area (Å²) in [6.07, 6.45) is 2.41. The Balaban J connectivity index is 1.99. The van der Waals surface area contributed by atoms with Crippen LogP contribution in [0.2, 0.25) is 0 Å². The van der Waals surface area contributed by atoms with Crippen molar-refractivity contribution in [2.24, 2.45) is 11.8 Å². The highest BCUT2D eigenvalue weighted by molar-refractivity contribution is 8.02. The van der Waals surface area contributed by atoms with Crippen LogP contribution in [0.25, 0.3) is 0 Å². The third kappa shape index (κ3) is 3.32. The lowest BCUT2D eigenvalue weighted by molar-refractivity contribution is -0.142. The second kappa shape index (κ2) is 7.52. The quantitative estimate of drug-likeness (QED) is 0.603. The van der Waals surface area contributed by atoms with E-state index in [4.69, 9.17) is 0 Å². The van der Waals surface area contributed by atoms with Crippen LogP contribution >= 0.6 is 11.8 Å². The lowest BCUT2D eigenvalue weighted by Crippen LogP contribution is -2.58. The highest BCUT2D eigenvalue weighted by Gasteiger charge is 2.74. The molecule has 28 heavy (non-hydrogen) atoms. The molecule has 0 aromatic rings. The molecule has 2 bridgehead atoms. The Labute approximate surface area is 171 Å². The number of likely N-dealkylation sites (tertiary alicyclic amines) is 1. The molecule has 3 rings (SSSR count). The van der Waals surface area contributed by atoms with Gasteiger partial charge in [-0.25, -0.2) is 0 Å². The van der Waals surface area contributed by atoms with Crippen LogP contribution in [-0.4, -0.2) is 68.5 Å². The van der Waals surface area contributed by atoms with Gasteiger partial charge < -0.3 is 20.6 Å². The zero-order chi connectivity index (χ0) is 20.9. The lowest BCUT2D eigenvalue weighted by Gasteiger charge is -2.37. The topological polar surface area (TPSA) is 98.7 Å². The Bertz CT molecular complexity index is 664. The van der Waals surface area contributed by atoms with E-state index in [1.165, 1.54) is 0 Å². The first-order valence-corrected chi connectivity index (χ1v) is 11.2. The van der Waals surface area contributed by atoms with Gasteiger partial charge in [0.15, 0.2) is 0 Å². The van der Waals surface area contributed by atoms with Crippen molar-refractivity contribution >= 4 is 29.5 Å². The van der Waals surface area contributed by atoms with E-state index >= 15 is 0 Å². The van der Waals surface area contributed by atoms with Crippen molar-refractivity contribution in [3.8, 4) is 0 Å². The smallest absolute Gasteiger partial charge is 0.244 e. The van der Waals surface area contributed by atoms with Crippen LogP contribution in [0, 0.1) is 11.8 Å². The van der Waals surface area contributed by atoms with Crippen LogP contribution in [-0.2, 0) is 14.4 Å². The molecular weight excluding hydrogens is 378 g/mol. The molecule has 1 spiro atoms. The highest BCUT2D eigenvalue weighted by Crippen LogP contribution is 2.66. The van der Waals surface area contributed by atoms with E-state index in [2.05, 4.69) is 10.6 Å². The van der Waals surface area contributed by atoms with E-state index in [0.717, 1.165) is 19.3 Å². The molecule has 3 N–H and O–H groups in total. The first-order chi connectivity index (χ1) is 13.1.